The predicted octanol–water partition coefficient (Wildman–Crippen LogP) is 4.00. The summed E-state index contributed by atoms with van der Waals surface area (Å²) in [5, 5.41) is 6.47. The first-order valence-corrected chi connectivity index (χ1v) is 11.9. The highest BCUT2D eigenvalue weighted by Crippen LogP contribution is 2.55. The molecule has 5 aliphatic carbocycles. The van der Waals surface area contributed by atoms with Crippen molar-refractivity contribution in [2.45, 2.75) is 61.8 Å². The van der Waals surface area contributed by atoms with Gasteiger partial charge in [0.15, 0.2) is 0 Å². The van der Waals surface area contributed by atoms with Crippen molar-refractivity contribution in [3.05, 3.63) is 29.8 Å². The molecule has 0 unspecified atom stereocenters. The lowest BCUT2D eigenvalue weighted by atomic mass is 9.53. The Morgan fingerprint density at radius 2 is 1.64 bits per heavy atom. The van der Waals surface area contributed by atoms with Crippen LogP contribution in [0.3, 0.4) is 0 Å². The first kappa shape index (κ1) is 18.5. The summed E-state index contributed by atoms with van der Waals surface area (Å²) >= 11 is 1.49. The van der Waals surface area contributed by atoms with Crippen LogP contribution in [-0.2, 0) is 4.79 Å². The van der Waals surface area contributed by atoms with Crippen LogP contribution in [0.25, 0.3) is 0 Å². The van der Waals surface area contributed by atoms with Gasteiger partial charge in [0.05, 0.1) is 11.3 Å². The number of thioether (sulfide) groups is 1. The minimum absolute atomic E-state index is 0.0171. The smallest absolute Gasteiger partial charge is 0.252 e. The van der Waals surface area contributed by atoms with Gasteiger partial charge in [-0.25, -0.2) is 0 Å². The molecule has 1 aromatic carbocycles. The summed E-state index contributed by atoms with van der Waals surface area (Å²) in [6, 6.07) is 7.65. The second-order valence-corrected chi connectivity index (χ2v) is 10.7. The standard InChI is InChI=1S/C23H30N2O2S/c26-21(25-23-10-16-7-17(11-23)9-18(8-16)12-23)14-28-20-4-2-1-3-19(20)22(27)24-13-15-5-6-15/h1-4,15-18H,5-14H2,(H,24,27)(H,25,26). The van der Waals surface area contributed by atoms with Gasteiger partial charge in [0, 0.05) is 17.0 Å². The van der Waals surface area contributed by atoms with Crippen molar-refractivity contribution in [2.75, 3.05) is 12.3 Å². The van der Waals surface area contributed by atoms with E-state index in [1.54, 1.807) is 0 Å². The van der Waals surface area contributed by atoms with Gasteiger partial charge in [-0.2, -0.15) is 0 Å². The minimum Gasteiger partial charge on any atom is -0.352 e. The number of hydrogen-bond donors (Lipinski definition) is 2. The average Bonchev–Trinajstić information content (AvgIpc) is 3.48. The Labute approximate surface area is 171 Å². The molecule has 4 bridgehead atoms. The number of hydrogen-bond acceptors (Lipinski definition) is 3. The van der Waals surface area contributed by atoms with Crippen LogP contribution in [0.1, 0.15) is 61.7 Å². The zero-order valence-corrected chi connectivity index (χ0v) is 17.2. The van der Waals surface area contributed by atoms with E-state index in [9.17, 15) is 9.59 Å². The van der Waals surface area contributed by atoms with Gasteiger partial charge in [-0.05, 0) is 87.2 Å². The fourth-order valence-electron chi connectivity index (χ4n) is 6.17. The highest BCUT2D eigenvalue weighted by Gasteiger charge is 2.51. The number of benzene rings is 1. The molecule has 2 N–H and O–H groups in total. The molecule has 150 valence electrons. The molecule has 5 aliphatic rings. The third-order valence-electron chi connectivity index (χ3n) is 7.18. The zero-order valence-electron chi connectivity index (χ0n) is 16.4. The van der Waals surface area contributed by atoms with Gasteiger partial charge in [-0.1, -0.05) is 12.1 Å². The van der Waals surface area contributed by atoms with Crippen LogP contribution >= 0.6 is 11.8 Å². The van der Waals surface area contributed by atoms with E-state index < -0.39 is 0 Å². The molecule has 4 nitrogen and oxygen atoms in total. The Morgan fingerprint density at radius 1 is 1.00 bits per heavy atom. The van der Waals surface area contributed by atoms with Crippen molar-refractivity contribution in [3.8, 4) is 0 Å². The van der Waals surface area contributed by atoms with E-state index in [1.807, 2.05) is 24.3 Å². The van der Waals surface area contributed by atoms with E-state index in [4.69, 9.17) is 0 Å². The maximum absolute atomic E-state index is 12.8. The van der Waals surface area contributed by atoms with E-state index >= 15 is 0 Å². The van der Waals surface area contributed by atoms with E-state index in [-0.39, 0.29) is 17.4 Å². The minimum atomic E-state index is -0.0171. The van der Waals surface area contributed by atoms with Crippen molar-refractivity contribution in [1.29, 1.82) is 0 Å². The fourth-order valence-corrected chi connectivity index (χ4v) is 7.02. The molecular weight excluding hydrogens is 368 g/mol. The first-order chi connectivity index (χ1) is 13.6. The van der Waals surface area contributed by atoms with Gasteiger partial charge in [0.2, 0.25) is 5.91 Å². The second kappa shape index (κ2) is 7.40. The van der Waals surface area contributed by atoms with Crippen LogP contribution < -0.4 is 10.6 Å². The molecule has 0 spiro atoms. The van der Waals surface area contributed by atoms with Crippen LogP contribution in [-0.4, -0.2) is 29.7 Å². The number of nitrogens with one attached hydrogen (secondary N) is 2. The van der Waals surface area contributed by atoms with Crippen molar-refractivity contribution in [1.82, 2.24) is 10.6 Å². The number of amides is 2. The van der Waals surface area contributed by atoms with Crippen LogP contribution in [0.5, 0.6) is 0 Å². The summed E-state index contributed by atoms with van der Waals surface area (Å²) in [6.07, 6.45) is 10.1. The Morgan fingerprint density at radius 3 is 2.29 bits per heavy atom. The molecule has 5 heteroatoms. The largest absolute Gasteiger partial charge is 0.352 e. The molecule has 6 rings (SSSR count). The average molecular weight is 399 g/mol. The van der Waals surface area contributed by atoms with Gasteiger partial charge in [-0.15, -0.1) is 11.8 Å². The molecule has 0 saturated heterocycles. The normalized spacial score (nSPS) is 32.9. The molecule has 0 radical (unpaired) electrons. The van der Waals surface area contributed by atoms with Crippen molar-refractivity contribution in [3.63, 3.8) is 0 Å². The maximum Gasteiger partial charge on any atom is 0.252 e. The molecule has 0 aromatic heterocycles. The zero-order chi connectivity index (χ0) is 19.1. The highest BCUT2D eigenvalue weighted by atomic mass is 32.2. The predicted molar refractivity (Wildman–Crippen MR) is 111 cm³/mol. The Hall–Kier alpha value is -1.49. The quantitative estimate of drug-likeness (QED) is 0.683. The van der Waals surface area contributed by atoms with Crippen LogP contribution in [0.15, 0.2) is 29.2 Å². The van der Waals surface area contributed by atoms with Gasteiger partial charge in [0.25, 0.3) is 5.91 Å². The lowest BCUT2D eigenvalue weighted by molar-refractivity contribution is -0.124. The lowest BCUT2D eigenvalue weighted by Gasteiger charge is -2.56. The maximum atomic E-state index is 12.8. The van der Waals surface area contributed by atoms with Crippen molar-refractivity contribution >= 4 is 23.6 Å². The van der Waals surface area contributed by atoms with E-state index in [2.05, 4.69) is 10.6 Å². The molecule has 0 aliphatic heterocycles. The first-order valence-electron chi connectivity index (χ1n) is 10.9. The number of carbonyl (C=O) groups is 2. The van der Waals surface area contributed by atoms with Crippen LogP contribution in [0, 0.1) is 23.7 Å². The molecule has 0 atom stereocenters. The second-order valence-electron chi connectivity index (χ2n) is 9.68. The molecule has 2 amide bonds. The van der Waals surface area contributed by atoms with E-state index in [1.165, 1.54) is 63.1 Å². The summed E-state index contributed by atoms with van der Waals surface area (Å²) < 4.78 is 0. The number of rotatable bonds is 7. The Balaban J connectivity index is 1.18. The third-order valence-corrected chi connectivity index (χ3v) is 8.26. The highest BCUT2D eigenvalue weighted by molar-refractivity contribution is 8.00. The summed E-state index contributed by atoms with van der Waals surface area (Å²) in [6.45, 7) is 0.768. The summed E-state index contributed by atoms with van der Waals surface area (Å²) in [7, 11) is 0. The summed E-state index contributed by atoms with van der Waals surface area (Å²) in [5.41, 5.74) is 0.754. The summed E-state index contributed by atoms with van der Waals surface area (Å²) in [5.74, 6) is 3.64. The monoisotopic (exact) mass is 398 g/mol. The van der Waals surface area contributed by atoms with Crippen LogP contribution in [0.4, 0.5) is 0 Å². The third kappa shape index (κ3) is 3.96. The Kier molecular flexibility index (Phi) is 4.90. The van der Waals surface area contributed by atoms with Crippen molar-refractivity contribution in [2.24, 2.45) is 23.7 Å². The fraction of sp³-hybridized carbons (Fsp3) is 0.652. The van der Waals surface area contributed by atoms with Gasteiger partial charge >= 0.3 is 0 Å². The van der Waals surface area contributed by atoms with Gasteiger partial charge in [0.1, 0.15) is 0 Å². The van der Waals surface area contributed by atoms with E-state index in [0.717, 1.165) is 29.2 Å². The van der Waals surface area contributed by atoms with E-state index in [0.29, 0.717) is 17.2 Å². The SMILES string of the molecule is O=C(CSc1ccccc1C(=O)NCC1CC1)NC12CC3CC(CC(C3)C1)C2. The lowest BCUT2D eigenvalue weighted by Crippen LogP contribution is -2.60. The topological polar surface area (TPSA) is 58.2 Å². The van der Waals surface area contributed by atoms with Crippen LogP contribution in [0.2, 0.25) is 0 Å². The summed E-state index contributed by atoms with van der Waals surface area (Å²) in [4.78, 5) is 26.2. The molecule has 28 heavy (non-hydrogen) atoms. The molecule has 5 saturated carbocycles. The van der Waals surface area contributed by atoms with Gasteiger partial charge < -0.3 is 10.6 Å². The Bertz CT molecular complexity index is 738. The molecule has 0 heterocycles. The molecular formula is C23H30N2O2S. The molecule has 1 aromatic rings. The molecule has 5 fully saturated rings. The number of carbonyl (C=O) groups excluding carboxylic acids is 2. The van der Waals surface area contributed by atoms with Gasteiger partial charge in [-0.3, -0.25) is 9.59 Å². The van der Waals surface area contributed by atoms with Crippen molar-refractivity contribution < 1.29 is 9.59 Å².